The first-order valence-corrected chi connectivity index (χ1v) is 11.9. The molecular formula is C24H25ClN2O5S. The molecule has 0 aromatic heterocycles. The molecule has 0 aliphatic heterocycles. The minimum absolute atomic E-state index is 0.0538. The molecule has 33 heavy (non-hydrogen) atoms. The number of ether oxygens (including phenoxy) is 2. The summed E-state index contributed by atoms with van der Waals surface area (Å²) < 4.78 is 38.6. The second-order valence-electron chi connectivity index (χ2n) is 7.24. The van der Waals surface area contributed by atoms with E-state index in [0.29, 0.717) is 5.75 Å². The molecule has 3 aromatic rings. The quantitative estimate of drug-likeness (QED) is 0.488. The predicted octanol–water partition coefficient (Wildman–Crippen LogP) is 4.18. The summed E-state index contributed by atoms with van der Waals surface area (Å²) in [4.78, 5) is 12.9. The van der Waals surface area contributed by atoms with Gasteiger partial charge in [-0.3, -0.25) is 9.10 Å². The second kappa shape index (κ2) is 10.6. The van der Waals surface area contributed by atoms with Crippen molar-refractivity contribution in [3.05, 3.63) is 82.9 Å². The molecule has 3 aromatic carbocycles. The van der Waals surface area contributed by atoms with Crippen LogP contribution in [0.5, 0.6) is 11.5 Å². The van der Waals surface area contributed by atoms with Crippen LogP contribution < -0.4 is 19.1 Å². The Morgan fingerprint density at radius 3 is 2.24 bits per heavy atom. The van der Waals surface area contributed by atoms with Gasteiger partial charge < -0.3 is 14.8 Å². The zero-order chi connectivity index (χ0) is 24.0. The van der Waals surface area contributed by atoms with E-state index in [-0.39, 0.29) is 27.9 Å². The maximum Gasteiger partial charge on any atom is 0.264 e. The summed E-state index contributed by atoms with van der Waals surface area (Å²) in [7, 11) is -1.12. The second-order valence-corrected chi connectivity index (χ2v) is 9.51. The fraction of sp³-hybridized carbons (Fsp3) is 0.208. The average molecular weight is 489 g/mol. The van der Waals surface area contributed by atoms with E-state index in [9.17, 15) is 13.2 Å². The Bertz CT molecular complexity index is 1210. The number of para-hydroxylation sites is 1. The van der Waals surface area contributed by atoms with Crippen molar-refractivity contribution in [1.29, 1.82) is 0 Å². The van der Waals surface area contributed by atoms with Gasteiger partial charge in [-0.2, -0.15) is 0 Å². The number of sulfonamides is 1. The maximum absolute atomic E-state index is 13.5. The third-order valence-corrected chi connectivity index (χ3v) is 7.04. The molecule has 1 amide bonds. The van der Waals surface area contributed by atoms with Gasteiger partial charge >= 0.3 is 0 Å². The highest BCUT2D eigenvalue weighted by Crippen LogP contribution is 2.37. The summed E-state index contributed by atoms with van der Waals surface area (Å²) >= 11 is 6.24. The summed E-state index contributed by atoms with van der Waals surface area (Å²) in [6.07, 6.45) is 0. The Morgan fingerprint density at radius 2 is 1.64 bits per heavy atom. The molecule has 3 rings (SSSR count). The Morgan fingerprint density at radius 1 is 0.970 bits per heavy atom. The molecule has 7 nitrogen and oxygen atoms in total. The Kier molecular flexibility index (Phi) is 7.84. The number of carbonyl (C=O) groups excluding carboxylic acids is 1. The lowest BCUT2D eigenvalue weighted by Gasteiger charge is -2.26. The van der Waals surface area contributed by atoms with Crippen LogP contribution >= 0.6 is 11.6 Å². The number of hydrogen-bond donors (Lipinski definition) is 1. The maximum atomic E-state index is 13.5. The number of aryl methyl sites for hydroxylation is 1. The van der Waals surface area contributed by atoms with Gasteiger partial charge in [0.15, 0.2) is 5.75 Å². The van der Waals surface area contributed by atoms with E-state index in [0.717, 1.165) is 15.4 Å². The molecule has 0 fully saturated rings. The van der Waals surface area contributed by atoms with Crippen LogP contribution in [0.4, 0.5) is 5.69 Å². The van der Waals surface area contributed by atoms with Gasteiger partial charge in [0.2, 0.25) is 5.91 Å². The van der Waals surface area contributed by atoms with Crippen LogP contribution in [-0.4, -0.2) is 35.1 Å². The minimum Gasteiger partial charge on any atom is -0.497 e. The first kappa shape index (κ1) is 24.4. The van der Waals surface area contributed by atoms with Gasteiger partial charge in [0, 0.05) is 6.54 Å². The molecule has 0 spiro atoms. The van der Waals surface area contributed by atoms with Gasteiger partial charge in [0.1, 0.15) is 12.3 Å². The van der Waals surface area contributed by atoms with E-state index in [1.165, 1.54) is 19.2 Å². The number of rotatable bonds is 9. The van der Waals surface area contributed by atoms with E-state index >= 15 is 0 Å². The summed E-state index contributed by atoms with van der Waals surface area (Å²) in [5.74, 6) is 0.384. The zero-order valence-corrected chi connectivity index (χ0v) is 20.1. The molecule has 9 heteroatoms. The van der Waals surface area contributed by atoms with Crippen molar-refractivity contribution in [3.8, 4) is 11.5 Å². The number of halogens is 1. The number of carbonyl (C=O) groups is 1. The van der Waals surface area contributed by atoms with Crippen LogP contribution in [0.3, 0.4) is 0 Å². The molecule has 0 atom stereocenters. The van der Waals surface area contributed by atoms with Crippen molar-refractivity contribution in [2.75, 3.05) is 25.1 Å². The van der Waals surface area contributed by atoms with Gasteiger partial charge in [-0.1, -0.05) is 47.5 Å². The fourth-order valence-corrected chi connectivity index (χ4v) is 4.83. The van der Waals surface area contributed by atoms with E-state index in [1.807, 2.05) is 19.1 Å². The molecule has 0 saturated heterocycles. The van der Waals surface area contributed by atoms with E-state index in [1.54, 1.807) is 49.6 Å². The third kappa shape index (κ3) is 5.77. The summed E-state index contributed by atoms with van der Waals surface area (Å²) in [6, 6.07) is 18.4. The Balaban J connectivity index is 1.91. The highest BCUT2D eigenvalue weighted by Gasteiger charge is 2.30. The zero-order valence-electron chi connectivity index (χ0n) is 18.5. The molecule has 0 unspecified atom stereocenters. The van der Waals surface area contributed by atoms with Crippen LogP contribution in [0.15, 0.2) is 71.6 Å². The number of nitrogens with one attached hydrogen (secondary N) is 1. The van der Waals surface area contributed by atoms with Crippen LogP contribution in [-0.2, 0) is 21.4 Å². The molecule has 0 bridgehead atoms. The largest absolute Gasteiger partial charge is 0.497 e. The number of methoxy groups -OCH3 is 2. The van der Waals surface area contributed by atoms with Crippen LogP contribution in [0.25, 0.3) is 0 Å². The topological polar surface area (TPSA) is 84.9 Å². The monoisotopic (exact) mass is 488 g/mol. The minimum atomic E-state index is -4.09. The van der Waals surface area contributed by atoms with Crippen molar-refractivity contribution in [2.45, 2.75) is 18.4 Å². The van der Waals surface area contributed by atoms with Gasteiger partial charge in [-0.05, 0) is 48.9 Å². The molecule has 0 aliphatic rings. The standard InChI is InChI=1S/C24H25ClN2O5S/c1-17-7-13-20(14-8-17)33(29,30)27(22-6-4-5-21(25)24(22)32-3)16-23(28)26-15-18-9-11-19(31-2)12-10-18/h4-14H,15-16H2,1-3H3,(H,26,28). The lowest BCUT2D eigenvalue weighted by molar-refractivity contribution is -0.119. The SMILES string of the molecule is COc1ccc(CNC(=O)CN(c2cccc(Cl)c2OC)S(=O)(=O)c2ccc(C)cc2)cc1. The average Bonchev–Trinajstić information content (AvgIpc) is 2.81. The molecule has 0 aliphatic carbocycles. The molecule has 174 valence electrons. The van der Waals surface area contributed by atoms with E-state index in [2.05, 4.69) is 5.32 Å². The van der Waals surface area contributed by atoms with Crippen molar-refractivity contribution in [1.82, 2.24) is 5.32 Å². The highest BCUT2D eigenvalue weighted by molar-refractivity contribution is 7.92. The molecule has 0 radical (unpaired) electrons. The van der Waals surface area contributed by atoms with Gasteiger partial charge in [-0.25, -0.2) is 8.42 Å². The van der Waals surface area contributed by atoms with Crippen LogP contribution in [0.2, 0.25) is 5.02 Å². The lowest BCUT2D eigenvalue weighted by Crippen LogP contribution is -2.40. The molecule has 0 saturated carbocycles. The van der Waals surface area contributed by atoms with Crippen LogP contribution in [0, 0.1) is 6.92 Å². The van der Waals surface area contributed by atoms with E-state index in [4.69, 9.17) is 21.1 Å². The predicted molar refractivity (Wildman–Crippen MR) is 129 cm³/mol. The van der Waals surface area contributed by atoms with Gasteiger partial charge in [-0.15, -0.1) is 0 Å². The first-order chi connectivity index (χ1) is 15.8. The lowest BCUT2D eigenvalue weighted by atomic mass is 10.2. The normalized spacial score (nSPS) is 11.0. The molecule has 0 heterocycles. The summed E-state index contributed by atoms with van der Waals surface area (Å²) in [6.45, 7) is 1.64. The van der Waals surface area contributed by atoms with Crippen molar-refractivity contribution in [2.24, 2.45) is 0 Å². The van der Waals surface area contributed by atoms with Gasteiger partial charge in [0.05, 0.1) is 29.8 Å². The van der Waals surface area contributed by atoms with Crippen LogP contribution in [0.1, 0.15) is 11.1 Å². The van der Waals surface area contributed by atoms with Gasteiger partial charge in [0.25, 0.3) is 10.0 Å². The Hall–Kier alpha value is -3.23. The third-order valence-electron chi connectivity index (χ3n) is 4.96. The van der Waals surface area contributed by atoms with E-state index < -0.39 is 22.5 Å². The van der Waals surface area contributed by atoms with Crippen molar-refractivity contribution in [3.63, 3.8) is 0 Å². The van der Waals surface area contributed by atoms with Crippen molar-refractivity contribution < 1.29 is 22.7 Å². The Labute approximate surface area is 198 Å². The molecular weight excluding hydrogens is 464 g/mol. The summed E-state index contributed by atoms with van der Waals surface area (Å²) in [5, 5.41) is 3.00. The fourth-order valence-electron chi connectivity index (χ4n) is 3.16. The van der Waals surface area contributed by atoms with Crippen molar-refractivity contribution >= 4 is 33.2 Å². The number of amides is 1. The smallest absolute Gasteiger partial charge is 0.264 e. The number of hydrogen-bond acceptors (Lipinski definition) is 5. The number of nitrogens with zero attached hydrogens (tertiary/aromatic N) is 1. The first-order valence-electron chi connectivity index (χ1n) is 10.1. The molecule has 1 N–H and O–H groups in total. The number of anilines is 1. The summed E-state index contributed by atoms with van der Waals surface area (Å²) in [5.41, 5.74) is 1.93. The number of benzene rings is 3. The highest BCUT2D eigenvalue weighted by atomic mass is 35.5.